The van der Waals surface area contributed by atoms with Gasteiger partial charge in [0.05, 0.1) is 5.69 Å². The number of nitrogens with one attached hydrogen (secondary N) is 1. The average Bonchev–Trinajstić information content (AvgIpc) is 2.91. The summed E-state index contributed by atoms with van der Waals surface area (Å²) >= 11 is 0. The first-order valence-electron chi connectivity index (χ1n) is 6.41. The van der Waals surface area contributed by atoms with Crippen molar-refractivity contribution in [1.29, 1.82) is 0 Å². The van der Waals surface area contributed by atoms with E-state index in [1.54, 1.807) is 24.3 Å². The van der Waals surface area contributed by atoms with E-state index in [1.807, 2.05) is 0 Å². The minimum absolute atomic E-state index is 0.0103. The van der Waals surface area contributed by atoms with E-state index in [0.29, 0.717) is 11.4 Å². The molecule has 2 rings (SSSR count). The first-order valence-corrected chi connectivity index (χ1v) is 6.41. The third-order valence-corrected chi connectivity index (χ3v) is 3.22. The number of anilines is 1. The van der Waals surface area contributed by atoms with Gasteiger partial charge in [-0.3, -0.25) is 4.79 Å². The second-order valence-electron chi connectivity index (χ2n) is 4.65. The van der Waals surface area contributed by atoms with Crippen LogP contribution in [0.3, 0.4) is 0 Å². The summed E-state index contributed by atoms with van der Waals surface area (Å²) in [5, 5.41) is 11.4. The Morgan fingerprint density at radius 1 is 1.26 bits per heavy atom. The van der Waals surface area contributed by atoms with E-state index in [0.717, 1.165) is 25.7 Å². The lowest BCUT2D eigenvalue weighted by Crippen LogP contribution is -2.21. The highest BCUT2D eigenvalue weighted by Crippen LogP contribution is 2.28. The number of benzene rings is 1. The standard InChI is InChI=1S/C14H17NO4/c16-13(17)9-19-12-8-4-3-7-11(12)15-14(18)10-5-1-2-6-10/h3-4,7-8,10H,1-2,5-6,9H2,(H,15,18)(H,16,17). The van der Waals surface area contributed by atoms with E-state index in [-0.39, 0.29) is 11.8 Å². The Balaban J connectivity index is 2.02. The molecule has 0 unspecified atom stereocenters. The fourth-order valence-electron chi connectivity index (χ4n) is 2.26. The van der Waals surface area contributed by atoms with Crippen LogP contribution in [0, 0.1) is 5.92 Å². The topological polar surface area (TPSA) is 75.6 Å². The summed E-state index contributed by atoms with van der Waals surface area (Å²) in [6, 6.07) is 6.87. The number of rotatable bonds is 5. The van der Waals surface area contributed by atoms with Crippen LogP contribution in [0.1, 0.15) is 25.7 Å². The number of para-hydroxylation sites is 2. The van der Waals surface area contributed by atoms with E-state index in [9.17, 15) is 9.59 Å². The predicted octanol–water partition coefficient (Wildman–Crippen LogP) is 2.28. The smallest absolute Gasteiger partial charge is 0.341 e. The van der Waals surface area contributed by atoms with Crippen LogP contribution in [0.15, 0.2) is 24.3 Å². The summed E-state index contributed by atoms with van der Waals surface area (Å²) in [4.78, 5) is 22.5. The number of carbonyl (C=O) groups excluding carboxylic acids is 1. The largest absolute Gasteiger partial charge is 0.480 e. The van der Waals surface area contributed by atoms with Crippen molar-refractivity contribution in [3.8, 4) is 5.75 Å². The number of hydrogen-bond donors (Lipinski definition) is 2. The van der Waals surface area contributed by atoms with Crippen LogP contribution in [-0.2, 0) is 9.59 Å². The lowest BCUT2D eigenvalue weighted by Gasteiger charge is -2.13. The number of amides is 1. The molecule has 0 aliphatic heterocycles. The highest BCUT2D eigenvalue weighted by Gasteiger charge is 2.23. The van der Waals surface area contributed by atoms with Gasteiger partial charge in [-0.15, -0.1) is 0 Å². The first kappa shape index (κ1) is 13.4. The van der Waals surface area contributed by atoms with Gasteiger partial charge in [-0.05, 0) is 25.0 Å². The molecule has 0 spiro atoms. The minimum Gasteiger partial charge on any atom is -0.480 e. The molecule has 0 saturated heterocycles. The van der Waals surface area contributed by atoms with Gasteiger partial charge in [0, 0.05) is 5.92 Å². The molecule has 0 atom stereocenters. The van der Waals surface area contributed by atoms with Gasteiger partial charge in [0.1, 0.15) is 5.75 Å². The fourth-order valence-corrected chi connectivity index (χ4v) is 2.26. The molecule has 0 bridgehead atoms. The van der Waals surface area contributed by atoms with Gasteiger partial charge in [-0.1, -0.05) is 25.0 Å². The highest BCUT2D eigenvalue weighted by molar-refractivity contribution is 5.94. The molecule has 1 aromatic carbocycles. The average molecular weight is 263 g/mol. The summed E-state index contributed by atoms with van der Waals surface area (Å²) in [6.07, 6.45) is 4.03. The molecule has 19 heavy (non-hydrogen) atoms. The lowest BCUT2D eigenvalue weighted by molar-refractivity contribution is -0.139. The summed E-state index contributed by atoms with van der Waals surface area (Å²) in [6.45, 7) is -0.420. The number of carboxylic acids is 1. The van der Waals surface area contributed by atoms with Gasteiger partial charge in [0.15, 0.2) is 6.61 Å². The number of aliphatic carboxylic acids is 1. The molecule has 0 radical (unpaired) electrons. The van der Waals surface area contributed by atoms with Crippen LogP contribution in [0.25, 0.3) is 0 Å². The second-order valence-corrected chi connectivity index (χ2v) is 4.65. The molecule has 5 nitrogen and oxygen atoms in total. The number of carbonyl (C=O) groups is 2. The Morgan fingerprint density at radius 3 is 2.63 bits per heavy atom. The summed E-state index contributed by atoms with van der Waals surface area (Å²) in [5.41, 5.74) is 0.528. The van der Waals surface area contributed by atoms with Gasteiger partial charge in [0.2, 0.25) is 5.91 Å². The van der Waals surface area contributed by atoms with Crippen LogP contribution >= 0.6 is 0 Å². The monoisotopic (exact) mass is 263 g/mol. The predicted molar refractivity (Wildman–Crippen MR) is 70.2 cm³/mol. The zero-order chi connectivity index (χ0) is 13.7. The minimum atomic E-state index is -1.04. The number of carboxylic acid groups (broad SMARTS) is 1. The van der Waals surface area contributed by atoms with Crippen molar-refractivity contribution in [1.82, 2.24) is 0 Å². The van der Waals surface area contributed by atoms with E-state index in [4.69, 9.17) is 9.84 Å². The molecule has 1 aliphatic rings. The van der Waals surface area contributed by atoms with E-state index in [2.05, 4.69) is 5.32 Å². The number of ether oxygens (including phenoxy) is 1. The van der Waals surface area contributed by atoms with Crippen LogP contribution < -0.4 is 10.1 Å². The van der Waals surface area contributed by atoms with Crippen molar-refractivity contribution in [2.75, 3.05) is 11.9 Å². The van der Waals surface area contributed by atoms with Gasteiger partial charge in [-0.25, -0.2) is 4.79 Å². The molecular formula is C14H17NO4. The molecule has 1 amide bonds. The Labute approximate surface area is 111 Å². The first-order chi connectivity index (χ1) is 9.16. The van der Waals surface area contributed by atoms with E-state index < -0.39 is 12.6 Å². The molecule has 102 valence electrons. The zero-order valence-corrected chi connectivity index (χ0v) is 10.6. The van der Waals surface area contributed by atoms with Crippen LogP contribution in [0.2, 0.25) is 0 Å². The van der Waals surface area contributed by atoms with E-state index in [1.165, 1.54) is 0 Å². The molecule has 1 fully saturated rings. The summed E-state index contributed by atoms with van der Waals surface area (Å²) < 4.78 is 5.15. The van der Waals surface area contributed by atoms with Crippen molar-refractivity contribution in [3.05, 3.63) is 24.3 Å². The molecule has 0 heterocycles. The summed E-state index contributed by atoms with van der Waals surface area (Å²) in [5.74, 6) is -0.607. The normalized spacial score (nSPS) is 15.2. The fraction of sp³-hybridized carbons (Fsp3) is 0.429. The van der Waals surface area contributed by atoms with Crippen molar-refractivity contribution in [2.24, 2.45) is 5.92 Å². The van der Waals surface area contributed by atoms with Gasteiger partial charge in [0.25, 0.3) is 0 Å². The molecule has 5 heteroatoms. The Kier molecular flexibility index (Phi) is 4.39. The number of hydrogen-bond acceptors (Lipinski definition) is 3. The molecule has 1 aliphatic carbocycles. The Hall–Kier alpha value is -2.04. The van der Waals surface area contributed by atoms with Crippen molar-refractivity contribution in [3.63, 3.8) is 0 Å². The quantitative estimate of drug-likeness (QED) is 0.854. The summed E-state index contributed by atoms with van der Waals surface area (Å²) in [7, 11) is 0. The maximum atomic E-state index is 12.0. The third kappa shape index (κ3) is 3.71. The maximum Gasteiger partial charge on any atom is 0.341 e. The second kappa shape index (κ2) is 6.22. The van der Waals surface area contributed by atoms with Crippen molar-refractivity contribution >= 4 is 17.6 Å². The molecular weight excluding hydrogens is 246 g/mol. The molecule has 1 saturated carbocycles. The van der Waals surface area contributed by atoms with E-state index >= 15 is 0 Å². The van der Waals surface area contributed by atoms with Crippen LogP contribution in [0.5, 0.6) is 5.75 Å². The Morgan fingerprint density at radius 2 is 1.95 bits per heavy atom. The highest BCUT2D eigenvalue weighted by atomic mass is 16.5. The van der Waals surface area contributed by atoms with Crippen molar-refractivity contribution < 1.29 is 19.4 Å². The molecule has 2 N–H and O–H groups in total. The molecule has 0 aromatic heterocycles. The molecule has 1 aromatic rings. The van der Waals surface area contributed by atoms with Gasteiger partial charge in [-0.2, -0.15) is 0 Å². The van der Waals surface area contributed by atoms with Gasteiger partial charge >= 0.3 is 5.97 Å². The van der Waals surface area contributed by atoms with Crippen molar-refractivity contribution in [2.45, 2.75) is 25.7 Å². The zero-order valence-electron chi connectivity index (χ0n) is 10.6. The third-order valence-electron chi connectivity index (χ3n) is 3.22. The SMILES string of the molecule is O=C(O)COc1ccccc1NC(=O)C1CCCC1. The van der Waals surface area contributed by atoms with Crippen LogP contribution in [0.4, 0.5) is 5.69 Å². The lowest BCUT2D eigenvalue weighted by atomic mass is 10.1. The Bertz CT molecular complexity index is 466. The van der Waals surface area contributed by atoms with Crippen LogP contribution in [-0.4, -0.2) is 23.6 Å². The van der Waals surface area contributed by atoms with Gasteiger partial charge < -0.3 is 15.2 Å². The maximum absolute atomic E-state index is 12.0.